The van der Waals surface area contributed by atoms with Crippen molar-refractivity contribution in [1.82, 2.24) is 9.88 Å². The van der Waals surface area contributed by atoms with Crippen LogP contribution in [-0.2, 0) is 17.8 Å². The van der Waals surface area contributed by atoms with E-state index >= 15 is 0 Å². The lowest BCUT2D eigenvalue weighted by Crippen LogP contribution is -2.35. The summed E-state index contributed by atoms with van der Waals surface area (Å²) in [6.07, 6.45) is 1.71. The van der Waals surface area contributed by atoms with Gasteiger partial charge >= 0.3 is 5.97 Å². The van der Waals surface area contributed by atoms with E-state index in [4.69, 9.17) is 5.11 Å². The van der Waals surface area contributed by atoms with Crippen molar-refractivity contribution < 1.29 is 19.1 Å². The molecule has 0 unspecified atom stereocenters. The molecule has 0 fully saturated rings. The van der Waals surface area contributed by atoms with E-state index in [1.807, 2.05) is 6.92 Å². The molecule has 1 amide bonds. The first-order valence-corrected chi connectivity index (χ1v) is 8.44. The van der Waals surface area contributed by atoms with E-state index < -0.39 is 12.5 Å². The molecule has 5 nitrogen and oxygen atoms in total. The summed E-state index contributed by atoms with van der Waals surface area (Å²) in [4.78, 5) is 29.9. The first-order valence-electron chi connectivity index (χ1n) is 7.62. The standard InChI is InChI=1S/C17H19FN2O3S/c1-3-4-14-19-11(2)16(24-14)17(23)20(10-15(21)22)9-12-5-7-13(18)8-6-12/h5-8H,3-4,9-10H2,1-2H3,(H,21,22). The highest BCUT2D eigenvalue weighted by molar-refractivity contribution is 7.13. The van der Waals surface area contributed by atoms with Crippen LogP contribution < -0.4 is 0 Å². The molecule has 0 saturated carbocycles. The Balaban J connectivity index is 2.24. The molecule has 1 heterocycles. The number of nitrogens with zero attached hydrogens (tertiary/aromatic N) is 2. The largest absolute Gasteiger partial charge is 0.480 e. The maximum atomic E-state index is 13.0. The summed E-state index contributed by atoms with van der Waals surface area (Å²) < 4.78 is 13.0. The zero-order valence-corrected chi connectivity index (χ0v) is 14.4. The SMILES string of the molecule is CCCc1nc(C)c(C(=O)N(CC(=O)O)Cc2ccc(F)cc2)s1. The number of aryl methyl sites for hydroxylation is 2. The smallest absolute Gasteiger partial charge is 0.323 e. The maximum absolute atomic E-state index is 13.0. The Bertz CT molecular complexity index is 728. The summed E-state index contributed by atoms with van der Waals surface area (Å²) in [5.41, 5.74) is 1.28. The Morgan fingerprint density at radius 2 is 1.96 bits per heavy atom. The zero-order valence-electron chi connectivity index (χ0n) is 13.6. The summed E-state index contributed by atoms with van der Waals surface area (Å²) in [5, 5.41) is 9.97. The Morgan fingerprint density at radius 3 is 2.54 bits per heavy atom. The van der Waals surface area contributed by atoms with E-state index in [1.54, 1.807) is 19.1 Å². The second-order valence-corrected chi connectivity index (χ2v) is 6.54. The van der Waals surface area contributed by atoms with Gasteiger partial charge in [-0.15, -0.1) is 11.3 Å². The van der Waals surface area contributed by atoms with Gasteiger partial charge in [0.1, 0.15) is 17.2 Å². The van der Waals surface area contributed by atoms with Crippen molar-refractivity contribution in [2.75, 3.05) is 6.54 Å². The molecule has 0 aliphatic heterocycles. The van der Waals surface area contributed by atoms with Crippen LogP contribution in [0.4, 0.5) is 4.39 Å². The number of hydrogen-bond donors (Lipinski definition) is 1. The van der Waals surface area contributed by atoms with Gasteiger partial charge in [0.2, 0.25) is 0 Å². The van der Waals surface area contributed by atoms with Gasteiger partial charge in [0.05, 0.1) is 10.7 Å². The quantitative estimate of drug-likeness (QED) is 0.832. The lowest BCUT2D eigenvalue weighted by molar-refractivity contribution is -0.137. The van der Waals surface area contributed by atoms with Crippen molar-refractivity contribution in [3.63, 3.8) is 0 Å². The van der Waals surface area contributed by atoms with Crippen LogP contribution in [-0.4, -0.2) is 33.4 Å². The Labute approximate surface area is 143 Å². The van der Waals surface area contributed by atoms with Crippen LogP contribution in [0, 0.1) is 12.7 Å². The minimum absolute atomic E-state index is 0.103. The minimum atomic E-state index is -1.10. The van der Waals surface area contributed by atoms with Crippen LogP contribution in [0.2, 0.25) is 0 Å². The van der Waals surface area contributed by atoms with Crippen LogP contribution in [0.5, 0.6) is 0 Å². The van der Waals surface area contributed by atoms with Gasteiger partial charge in [-0.3, -0.25) is 9.59 Å². The first-order chi connectivity index (χ1) is 11.4. The number of carboxylic acids is 1. The number of thiazole rings is 1. The molecule has 2 aromatic rings. The average molecular weight is 350 g/mol. The number of rotatable bonds is 7. The summed E-state index contributed by atoms with van der Waals surface area (Å²) >= 11 is 1.31. The van der Waals surface area contributed by atoms with Crippen molar-refractivity contribution >= 4 is 23.2 Å². The summed E-state index contributed by atoms with van der Waals surface area (Å²) in [7, 11) is 0. The van der Waals surface area contributed by atoms with E-state index in [9.17, 15) is 14.0 Å². The molecule has 0 bridgehead atoms. The fourth-order valence-electron chi connectivity index (χ4n) is 2.29. The van der Waals surface area contributed by atoms with E-state index in [1.165, 1.54) is 28.4 Å². The molecule has 7 heteroatoms. The molecule has 0 spiro atoms. The molecule has 0 atom stereocenters. The number of aliphatic carboxylic acids is 1. The Hall–Kier alpha value is -2.28. The Kier molecular flexibility index (Phi) is 6.03. The van der Waals surface area contributed by atoms with Gasteiger partial charge in [-0.25, -0.2) is 9.37 Å². The second-order valence-electron chi connectivity index (χ2n) is 5.45. The molecular weight excluding hydrogens is 331 g/mol. The molecule has 0 aliphatic rings. The average Bonchev–Trinajstić information content (AvgIpc) is 2.88. The molecule has 24 heavy (non-hydrogen) atoms. The topological polar surface area (TPSA) is 70.5 Å². The minimum Gasteiger partial charge on any atom is -0.480 e. The summed E-state index contributed by atoms with van der Waals surface area (Å²) in [5.74, 6) is -1.84. The van der Waals surface area contributed by atoms with Crippen molar-refractivity contribution in [1.29, 1.82) is 0 Å². The monoisotopic (exact) mass is 350 g/mol. The van der Waals surface area contributed by atoms with E-state index in [0.29, 0.717) is 16.1 Å². The van der Waals surface area contributed by atoms with Crippen molar-refractivity contribution in [3.05, 3.63) is 51.2 Å². The first kappa shape index (κ1) is 18.1. The fourth-order valence-corrected chi connectivity index (χ4v) is 3.42. The molecule has 128 valence electrons. The second kappa shape index (κ2) is 8.01. The molecule has 2 rings (SSSR count). The molecule has 0 aliphatic carbocycles. The molecular formula is C17H19FN2O3S. The van der Waals surface area contributed by atoms with E-state index in [-0.39, 0.29) is 18.3 Å². The number of hydrogen-bond acceptors (Lipinski definition) is 4. The number of amides is 1. The van der Waals surface area contributed by atoms with Gasteiger partial charge in [-0.05, 0) is 37.5 Å². The van der Waals surface area contributed by atoms with Crippen LogP contribution in [0.15, 0.2) is 24.3 Å². The van der Waals surface area contributed by atoms with Crippen LogP contribution in [0.25, 0.3) is 0 Å². The molecule has 0 saturated heterocycles. The zero-order chi connectivity index (χ0) is 17.7. The van der Waals surface area contributed by atoms with Crippen molar-refractivity contribution in [2.24, 2.45) is 0 Å². The van der Waals surface area contributed by atoms with Crippen LogP contribution in [0.1, 0.15) is 39.3 Å². The van der Waals surface area contributed by atoms with Gasteiger partial charge in [0, 0.05) is 6.54 Å². The highest BCUT2D eigenvalue weighted by atomic mass is 32.1. The van der Waals surface area contributed by atoms with Gasteiger partial charge in [-0.1, -0.05) is 19.1 Å². The number of aromatic nitrogens is 1. The number of carbonyl (C=O) groups is 2. The van der Waals surface area contributed by atoms with Gasteiger partial charge in [0.25, 0.3) is 5.91 Å². The lowest BCUT2D eigenvalue weighted by Gasteiger charge is -2.20. The number of benzene rings is 1. The Morgan fingerprint density at radius 1 is 1.29 bits per heavy atom. The number of carboxylic acid groups (broad SMARTS) is 1. The third kappa shape index (κ3) is 4.61. The van der Waals surface area contributed by atoms with E-state index in [2.05, 4.69) is 4.98 Å². The van der Waals surface area contributed by atoms with Crippen LogP contribution in [0.3, 0.4) is 0 Å². The number of carbonyl (C=O) groups excluding carboxylic acids is 1. The van der Waals surface area contributed by atoms with Gasteiger partial charge in [0.15, 0.2) is 0 Å². The van der Waals surface area contributed by atoms with E-state index in [0.717, 1.165) is 17.8 Å². The molecule has 1 N–H and O–H groups in total. The summed E-state index contributed by atoms with van der Waals surface area (Å²) in [6.45, 7) is 3.46. The van der Waals surface area contributed by atoms with Gasteiger partial charge in [-0.2, -0.15) is 0 Å². The third-order valence-corrected chi connectivity index (χ3v) is 4.60. The third-order valence-electron chi connectivity index (χ3n) is 3.40. The highest BCUT2D eigenvalue weighted by Crippen LogP contribution is 2.22. The normalized spacial score (nSPS) is 10.6. The number of halogens is 1. The fraction of sp³-hybridized carbons (Fsp3) is 0.353. The van der Waals surface area contributed by atoms with Gasteiger partial charge < -0.3 is 10.0 Å². The molecule has 1 aromatic carbocycles. The molecule has 1 aromatic heterocycles. The maximum Gasteiger partial charge on any atom is 0.323 e. The lowest BCUT2D eigenvalue weighted by atomic mass is 10.2. The molecule has 0 radical (unpaired) electrons. The summed E-state index contributed by atoms with van der Waals surface area (Å²) in [6, 6.07) is 5.66. The predicted octanol–water partition coefficient (Wildman–Crippen LogP) is 3.27. The van der Waals surface area contributed by atoms with Crippen LogP contribution >= 0.6 is 11.3 Å². The highest BCUT2D eigenvalue weighted by Gasteiger charge is 2.23. The van der Waals surface area contributed by atoms with Crippen molar-refractivity contribution in [3.8, 4) is 0 Å². The van der Waals surface area contributed by atoms with Crippen molar-refractivity contribution in [2.45, 2.75) is 33.2 Å². The predicted molar refractivity (Wildman–Crippen MR) is 89.6 cm³/mol.